The van der Waals surface area contributed by atoms with E-state index in [4.69, 9.17) is 9.47 Å². The smallest absolute Gasteiger partial charge is 0.410 e. The second-order valence-electron chi connectivity index (χ2n) is 6.34. The van der Waals surface area contributed by atoms with Crippen LogP contribution in [0, 0.1) is 9.52 Å². The van der Waals surface area contributed by atoms with Crippen LogP contribution in [0.2, 0.25) is 0 Å². The third kappa shape index (κ3) is 4.89. The molecule has 5 nitrogen and oxygen atoms in total. The first-order chi connectivity index (χ1) is 10.7. The van der Waals surface area contributed by atoms with E-state index in [-0.39, 0.29) is 25.3 Å². The lowest BCUT2D eigenvalue weighted by molar-refractivity contribution is 0.0179. The predicted octanol–water partition coefficient (Wildman–Crippen LogP) is 3.55. The molecular formula is C15H19F2IN2O3. The summed E-state index contributed by atoms with van der Waals surface area (Å²) in [6.45, 7) is 5.17. The topological polar surface area (TPSA) is 51.7 Å². The molecule has 1 amide bonds. The van der Waals surface area contributed by atoms with Gasteiger partial charge < -0.3 is 9.47 Å². The average molecular weight is 440 g/mol. The normalized spacial score (nSPS) is 21.4. The van der Waals surface area contributed by atoms with Crippen LogP contribution in [-0.2, 0) is 4.74 Å². The summed E-state index contributed by atoms with van der Waals surface area (Å²) in [5.41, 5.74) is -0.665. The van der Waals surface area contributed by atoms with Gasteiger partial charge in [-0.3, -0.25) is 4.90 Å². The minimum absolute atomic E-state index is 0.0135. The van der Waals surface area contributed by atoms with Crippen molar-refractivity contribution in [2.24, 2.45) is 0 Å². The third-order valence-electron chi connectivity index (χ3n) is 3.22. The molecule has 0 spiro atoms. The van der Waals surface area contributed by atoms with Gasteiger partial charge in [-0.05, 0) is 49.4 Å². The standard InChI is InChI=1S/C15H19F2IN2O3/c1-15(2,3)23-14(21)20-7-9(16)6-10(20)8-22-12-11(18)4-5-19-13(12)17/h4-5,9-10H,6-8H2,1-3H3/t9-,10-/m0/s1. The fourth-order valence-electron chi connectivity index (χ4n) is 2.27. The molecule has 1 aliphatic heterocycles. The van der Waals surface area contributed by atoms with Crippen LogP contribution in [0.15, 0.2) is 12.3 Å². The lowest BCUT2D eigenvalue weighted by atomic mass is 10.2. The van der Waals surface area contributed by atoms with Crippen molar-refractivity contribution < 1.29 is 23.0 Å². The van der Waals surface area contributed by atoms with E-state index in [1.54, 1.807) is 26.8 Å². The molecule has 1 fully saturated rings. The number of carbonyl (C=O) groups is 1. The van der Waals surface area contributed by atoms with E-state index in [1.165, 1.54) is 11.1 Å². The highest BCUT2D eigenvalue weighted by Crippen LogP contribution is 2.27. The lowest BCUT2D eigenvalue weighted by Gasteiger charge is -2.28. The number of hydrogen-bond donors (Lipinski definition) is 0. The van der Waals surface area contributed by atoms with Crippen LogP contribution in [0.1, 0.15) is 27.2 Å². The van der Waals surface area contributed by atoms with Gasteiger partial charge in [0.1, 0.15) is 18.4 Å². The number of nitrogens with zero attached hydrogens (tertiary/aromatic N) is 2. The number of carbonyl (C=O) groups excluding carboxylic acids is 1. The fourth-order valence-corrected chi connectivity index (χ4v) is 2.81. The number of hydrogen-bond acceptors (Lipinski definition) is 4. The van der Waals surface area contributed by atoms with Gasteiger partial charge in [-0.2, -0.15) is 4.39 Å². The Morgan fingerprint density at radius 3 is 2.83 bits per heavy atom. The third-order valence-corrected chi connectivity index (χ3v) is 4.07. The quantitative estimate of drug-likeness (QED) is 0.533. The molecule has 0 N–H and O–H groups in total. The number of alkyl halides is 1. The minimum atomic E-state index is -1.14. The summed E-state index contributed by atoms with van der Waals surface area (Å²) in [4.78, 5) is 17.0. The van der Waals surface area contributed by atoms with E-state index in [9.17, 15) is 13.6 Å². The van der Waals surface area contributed by atoms with Crippen LogP contribution in [-0.4, -0.2) is 46.9 Å². The van der Waals surface area contributed by atoms with Crippen LogP contribution >= 0.6 is 22.6 Å². The van der Waals surface area contributed by atoms with Gasteiger partial charge in [-0.25, -0.2) is 14.2 Å². The Hall–Kier alpha value is -1.19. The molecule has 0 radical (unpaired) electrons. The largest absolute Gasteiger partial charge is 0.486 e. The molecule has 2 rings (SSSR count). The summed E-state index contributed by atoms with van der Waals surface area (Å²) >= 11 is 1.93. The molecule has 0 bridgehead atoms. The second-order valence-corrected chi connectivity index (χ2v) is 7.51. The zero-order valence-electron chi connectivity index (χ0n) is 13.2. The van der Waals surface area contributed by atoms with Crippen LogP contribution < -0.4 is 4.74 Å². The minimum Gasteiger partial charge on any atom is -0.486 e. The Morgan fingerprint density at radius 2 is 2.22 bits per heavy atom. The molecular weight excluding hydrogens is 421 g/mol. The summed E-state index contributed by atoms with van der Waals surface area (Å²) in [6, 6.07) is 1.10. The summed E-state index contributed by atoms with van der Waals surface area (Å²) in [6.07, 6.45) is -0.261. The molecule has 1 saturated heterocycles. The number of pyridine rings is 1. The van der Waals surface area contributed by atoms with E-state index in [1.807, 2.05) is 22.6 Å². The Morgan fingerprint density at radius 1 is 1.52 bits per heavy atom. The van der Waals surface area contributed by atoms with Crippen molar-refractivity contribution >= 4 is 28.7 Å². The molecule has 128 valence electrons. The Kier molecular flexibility index (Phi) is 5.64. The van der Waals surface area contributed by atoms with Gasteiger partial charge in [0.05, 0.1) is 16.2 Å². The summed E-state index contributed by atoms with van der Waals surface area (Å²) in [5, 5.41) is 0. The molecule has 1 aromatic heterocycles. The number of rotatable bonds is 3. The molecule has 1 aromatic rings. The second kappa shape index (κ2) is 7.14. The van der Waals surface area contributed by atoms with E-state index < -0.39 is 29.9 Å². The van der Waals surface area contributed by atoms with Crippen LogP contribution in [0.3, 0.4) is 0 Å². The van der Waals surface area contributed by atoms with Gasteiger partial charge in [0.2, 0.25) is 0 Å². The summed E-state index contributed by atoms with van der Waals surface area (Å²) < 4.78 is 38.7. The number of aromatic nitrogens is 1. The molecule has 0 aromatic carbocycles. The summed E-state index contributed by atoms with van der Waals surface area (Å²) in [5.74, 6) is -0.713. The fraction of sp³-hybridized carbons (Fsp3) is 0.600. The monoisotopic (exact) mass is 440 g/mol. The first-order valence-electron chi connectivity index (χ1n) is 7.24. The molecule has 0 saturated carbocycles. The van der Waals surface area contributed by atoms with Crippen molar-refractivity contribution in [1.82, 2.24) is 9.88 Å². The lowest BCUT2D eigenvalue weighted by Crippen LogP contribution is -2.42. The molecule has 0 unspecified atom stereocenters. The zero-order valence-corrected chi connectivity index (χ0v) is 15.3. The average Bonchev–Trinajstić information content (AvgIpc) is 2.77. The Bertz CT molecular complexity index is 560. The first-order valence-corrected chi connectivity index (χ1v) is 8.31. The predicted molar refractivity (Wildman–Crippen MR) is 88.6 cm³/mol. The van der Waals surface area contributed by atoms with Gasteiger partial charge in [0.25, 0.3) is 5.95 Å². The number of amides is 1. The van der Waals surface area contributed by atoms with Crippen LogP contribution in [0.25, 0.3) is 0 Å². The van der Waals surface area contributed by atoms with Crippen molar-refractivity contribution in [3.63, 3.8) is 0 Å². The van der Waals surface area contributed by atoms with E-state index in [0.29, 0.717) is 3.57 Å². The molecule has 0 aliphatic carbocycles. The van der Waals surface area contributed by atoms with Gasteiger partial charge in [0.15, 0.2) is 5.75 Å². The van der Waals surface area contributed by atoms with Gasteiger partial charge in [0, 0.05) is 12.6 Å². The highest BCUT2D eigenvalue weighted by Gasteiger charge is 2.38. The van der Waals surface area contributed by atoms with Crippen LogP contribution in [0.4, 0.5) is 13.6 Å². The molecule has 1 aliphatic rings. The first kappa shape index (κ1) is 18.2. The number of halogens is 3. The maximum atomic E-state index is 13.7. The number of ether oxygens (including phenoxy) is 2. The highest BCUT2D eigenvalue weighted by molar-refractivity contribution is 14.1. The van der Waals surface area contributed by atoms with Crippen molar-refractivity contribution in [3.05, 3.63) is 21.8 Å². The van der Waals surface area contributed by atoms with Crippen LogP contribution in [0.5, 0.6) is 5.75 Å². The Labute approximate surface area is 147 Å². The van der Waals surface area contributed by atoms with Crippen molar-refractivity contribution in [2.75, 3.05) is 13.2 Å². The van der Waals surface area contributed by atoms with Crippen molar-refractivity contribution in [3.8, 4) is 5.75 Å². The van der Waals surface area contributed by atoms with E-state index in [2.05, 4.69) is 4.98 Å². The Balaban J connectivity index is 2.04. The molecule has 8 heteroatoms. The highest BCUT2D eigenvalue weighted by atomic mass is 127. The molecule has 2 atom stereocenters. The maximum Gasteiger partial charge on any atom is 0.410 e. The van der Waals surface area contributed by atoms with E-state index in [0.717, 1.165) is 0 Å². The molecule has 23 heavy (non-hydrogen) atoms. The SMILES string of the molecule is CC(C)(C)OC(=O)N1C[C@@H](F)C[C@H]1COc1c(I)ccnc1F. The maximum absolute atomic E-state index is 13.7. The van der Waals surface area contributed by atoms with Gasteiger partial charge in [-0.1, -0.05) is 0 Å². The molecule has 2 heterocycles. The van der Waals surface area contributed by atoms with Gasteiger partial charge in [-0.15, -0.1) is 0 Å². The zero-order chi connectivity index (χ0) is 17.2. The van der Waals surface area contributed by atoms with E-state index >= 15 is 0 Å². The summed E-state index contributed by atoms with van der Waals surface area (Å²) in [7, 11) is 0. The van der Waals surface area contributed by atoms with Gasteiger partial charge >= 0.3 is 6.09 Å². The van der Waals surface area contributed by atoms with Crippen molar-refractivity contribution in [1.29, 1.82) is 0 Å². The van der Waals surface area contributed by atoms with Crippen molar-refractivity contribution in [2.45, 2.75) is 45.0 Å². The number of likely N-dealkylation sites (tertiary alicyclic amines) is 1.